The smallest absolute Gasteiger partial charge is 0.220 e. The highest BCUT2D eigenvalue weighted by molar-refractivity contribution is 7.99. The molecule has 22 heavy (non-hydrogen) atoms. The van der Waals surface area contributed by atoms with E-state index in [9.17, 15) is 10.1 Å². The first-order chi connectivity index (χ1) is 10.6. The van der Waals surface area contributed by atoms with Gasteiger partial charge < -0.3 is 9.47 Å². The second-order valence-electron chi connectivity index (χ2n) is 4.55. The Kier molecular flexibility index (Phi) is 5.66. The highest BCUT2D eigenvalue weighted by Crippen LogP contribution is 2.39. The molecule has 0 spiro atoms. The quantitative estimate of drug-likeness (QED) is 0.441. The number of ether oxygens (including phenoxy) is 2. The maximum atomic E-state index is 10.9. The van der Waals surface area contributed by atoms with Gasteiger partial charge in [-0.25, -0.2) is 0 Å². The van der Waals surface area contributed by atoms with Crippen molar-refractivity contribution in [3.63, 3.8) is 0 Å². The lowest BCUT2D eigenvalue weighted by Crippen LogP contribution is -2.09. The van der Waals surface area contributed by atoms with E-state index in [-0.39, 0.29) is 16.7 Å². The van der Waals surface area contributed by atoms with E-state index in [0.29, 0.717) is 11.5 Å². The molecule has 0 bridgehead atoms. The van der Waals surface area contributed by atoms with Crippen molar-refractivity contribution in [1.82, 2.24) is 0 Å². The molecule has 0 aliphatic rings. The summed E-state index contributed by atoms with van der Waals surface area (Å²) in [5.41, 5.74) is 0.930. The van der Waals surface area contributed by atoms with Gasteiger partial charge in [-0.15, -0.1) is 11.8 Å². The van der Waals surface area contributed by atoms with Crippen LogP contribution in [0.15, 0.2) is 53.4 Å². The summed E-state index contributed by atoms with van der Waals surface area (Å²) in [6, 6.07) is 15.0. The SMILES string of the molecule is COc1ccc(S[C@H](C[N+](=O)[O-])c2ccccc2)cc1OC. The zero-order valence-corrected chi connectivity index (χ0v) is 13.2. The average Bonchev–Trinajstić information content (AvgIpc) is 2.54. The van der Waals surface area contributed by atoms with Crippen molar-refractivity contribution >= 4 is 11.8 Å². The molecule has 0 unspecified atom stereocenters. The highest BCUT2D eigenvalue weighted by Gasteiger charge is 2.20. The monoisotopic (exact) mass is 319 g/mol. The molecule has 0 aromatic heterocycles. The minimum absolute atomic E-state index is 0.136. The standard InChI is InChI=1S/C16H17NO4S/c1-20-14-9-8-13(10-15(14)21-2)22-16(11-17(18)19)12-6-4-3-5-7-12/h3-10,16H,11H2,1-2H3/t16-/m1/s1. The van der Waals surface area contributed by atoms with E-state index >= 15 is 0 Å². The number of nitro groups is 1. The molecule has 0 heterocycles. The fourth-order valence-electron chi connectivity index (χ4n) is 2.07. The summed E-state index contributed by atoms with van der Waals surface area (Å²) in [6.07, 6.45) is 0. The first kappa shape index (κ1) is 16.2. The molecule has 0 amide bonds. The van der Waals surface area contributed by atoms with Gasteiger partial charge in [0.25, 0.3) is 0 Å². The van der Waals surface area contributed by atoms with Crippen molar-refractivity contribution < 1.29 is 14.4 Å². The summed E-state index contributed by atoms with van der Waals surface area (Å²) in [5, 5.41) is 10.7. The molecular weight excluding hydrogens is 302 g/mol. The Hall–Kier alpha value is -2.21. The Labute approximate surface area is 133 Å². The molecule has 0 aliphatic carbocycles. The van der Waals surface area contributed by atoms with Gasteiger partial charge in [-0.05, 0) is 23.8 Å². The Morgan fingerprint density at radius 2 is 1.77 bits per heavy atom. The molecule has 0 fully saturated rings. The number of rotatable bonds is 7. The van der Waals surface area contributed by atoms with Crippen molar-refractivity contribution in [2.45, 2.75) is 10.1 Å². The van der Waals surface area contributed by atoms with Crippen molar-refractivity contribution in [1.29, 1.82) is 0 Å². The van der Waals surface area contributed by atoms with Crippen LogP contribution in [0, 0.1) is 10.1 Å². The van der Waals surface area contributed by atoms with Crippen molar-refractivity contribution in [2.75, 3.05) is 20.8 Å². The van der Waals surface area contributed by atoms with Gasteiger partial charge in [0.1, 0.15) is 0 Å². The van der Waals surface area contributed by atoms with Gasteiger partial charge >= 0.3 is 0 Å². The number of nitrogens with zero attached hydrogens (tertiary/aromatic N) is 1. The minimum atomic E-state index is -0.286. The Balaban J connectivity index is 2.25. The molecule has 0 N–H and O–H groups in total. The van der Waals surface area contributed by atoms with E-state index in [1.165, 1.54) is 11.8 Å². The first-order valence-electron chi connectivity index (χ1n) is 6.69. The molecule has 6 heteroatoms. The van der Waals surface area contributed by atoms with Gasteiger partial charge in [-0.3, -0.25) is 10.1 Å². The summed E-state index contributed by atoms with van der Waals surface area (Å²) in [5.74, 6) is 1.25. The summed E-state index contributed by atoms with van der Waals surface area (Å²) in [7, 11) is 3.14. The third kappa shape index (κ3) is 4.14. The van der Waals surface area contributed by atoms with Gasteiger partial charge in [0, 0.05) is 9.82 Å². The molecular formula is C16H17NO4S. The first-order valence-corrected chi connectivity index (χ1v) is 7.57. The molecule has 0 aliphatic heterocycles. The van der Waals surface area contributed by atoms with Crippen LogP contribution in [-0.2, 0) is 0 Å². The van der Waals surface area contributed by atoms with Crippen LogP contribution in [0.5, 0.6) is 11.5 Å². The van der Waals surface area contributed by atoms with Crippen LogP contribution in [0.1, 0.15) is 10.8 Å². The van der Waals surface area contributed by atoms with Crippen LogP contribution in [0.3, 0.4) is 0 Å². The van der Waals surface area contributed by atoms with Crippen molar-refractivity contribution in [3.8, 4) is 11.5 Å². The second-order valence-corrected chi connectivity index (χ2v) is 5.83. The van der Waals surface area contributed by atoms with E-state index in [4.69, 9.17) is 9.47 Å². The minimum Gasteiger partial charge on any atom is -0.493 e. The maximum Gasteiger partial charge on any atom is 0.220 e. The molecule has 5 nitrogen and oxygen atoms in total. The van der Waals surface area contributed by atoms with Gasteiger partial charge in [0.2, 0.25) is 6.54 Å². The third-order valence-corrected chi connectivity index (χ3v) is 4.35. The normalized spacial score (nSPS) is 11.7. The summed E-state index contributed by atoms with van der Waals surface area (Å²) in [6.45, 7) is -0.136. The molecule has 2 aromatic rings. The van der Waals surface area contributed by atoms with Crippen LogP contribution in [-0.4, -0.2) is 25.7 Å². The molecule has 2 rings (SSSR count). The fourth-order valence-corrected chi connectivity index (χ4v) is 3.21. The average molecular weight is 319 g/mol. The number of hydrogen-bond donors (Lipinski definition) is 0. The van der Waals surface area contributed by atoms with E-state index in [2.05, 4.69) is 0 Å². The number of thioether (sulfide) groups is 1. The van der Waals surface area contributed by atoms with E-state index in [1.807, 2.05) is 42.5 Å². The molecule has 116 valence electrons. The third-order valence-electron chi connectivity index (χ3n) is 3.12. The second kappa shape index (κ2) is 7.70. The zero-order valence-electron chi connectivity index (χ0n) is 12.4. The largest absolute Gasteiger partial charge is 0.493 e. The molecule has 0 radical (unpaired) electrons. The molecule has 0 saturated carbocycles. The Bertz CT molecular complexity index is 633. The lowest BCUT2D eigenvalue weighted by molar-refractivity contribution is -0.479. The van der Waals surface area contributed by atoms with Gasteiger partial charge in [-0.1, -0.05) is 30.3 Å². The summed E-state index contributed by atoms with van der Waals surface area (Å²) < 4.78 is 10.5. The van der Waals surface area contributed by atoms with Crippen LogP contribution in [0.2, 0.25) is 0 Å². The lowest BCUT2D eigenvalue weighted by Gasteiger charge is -2.14. The van der Waals surface area contributed by atoms with Crippen molar-refractivity contribution in [3.05, 3.63) is 64.2 Å². The fraction of sp³-hybridized carbons (Fsp3) is 0.250. The molecule has 1 atom stereocenters. The van der Waals surface area contributed by atoms with E-state index < -0.39 is 0 Å². The van der Waals surface area contributed by atoms with E-state index in [0.717, 1.165) is 10.5 Å². The number of hydrogen-bond acceptors (Lipinski definition) is 5. The van der Waals surface area contributed by atoms with Gasteiger partial charge in [0.05, 0.1) is 19.5 Å². The van der Waals surface area contributed by atoms with Crippen LogP contribution in [0.25, 0.3) is 0 Å². The predicted molar refractivity (Wildman–Crippen MR) is 86.4 cm³/mol. The Morgan fingerprint density at radius 3 is 2.36 bits per heavy atom. The van der Waals surface area contributed by atoms with Gasteiger partial charge in [-0.2, -0.15) is 0 Å². The van der Waals surface area contributed by atoms with Crippen LogP contribution in [0.4, 0.5) is 0 Å². The van der Waals surface area contributed by atoms with E-state index in [1.54, 1.807) is 20.3 Å². The number of benzene rings is 2. The molecule has 2 aromatic carbocycles. The summed E-state index contributed by atoms with van der Waals surface area (Å²) >= 11 is 1.44. The van der Waals surface area contributed by atoms with Gasteiger partial charge in [0.15, 0.2) is 11.5 Å². The number of methoxy groups -OCH3 is 2. The predicted octanol–water partition coefficient (Wildman–Crippen LogP) is 3.81. The van der Waals surface area contributed by atoms with Crippen LogP contribution >= 0.6 is 11.8 Å². The topological polar surface area (TPSA) is 61.6 Å². The zero-order chi connectivity index (χ0) is 15.9. The van der Waals surface area contributed by atoms with Crippen molar-refractivity contribution in [2.24, 2.45) is 0 Å². The lowest BCUT2D eigenvalue weighted by atomic mass is 10.1. The summed E-state index contributed by atoms with van der Waals surface area (Å²) in [4.78, 5) is 11.6. The highest BCUT2D eigenvalue weighted by atomic mass is 32.2. The molecule has 0 saturated heterocycles. The maximum absolute atomic E-state index is 10.9. The van der Waals surface area contributed by atoms with Crippen LogP contribution < -0.4 is 9.47 Å². The Morgan fingerprint density at radius 1 is 1.09 bits per heavy atom.